The molecule has 4 rings (SSSR count). The maximum absolute atomic E-state index is 6.99. The molecule has 0 amide bonds. The van der Waals surface area contributed by atoms with E-state index >= 15 is 0 Å². The predicted molar refractivity (Wildman–Crippen MR) is 131 cm³/mol. The third-order valence-corrected chi connectivity index (χ3v) is 8.43. The smallest absolute Gasteiger partial charge is 0.0157 e. The maximum atomic E-state index is 6.99. The summed E-state index contributed by atoms with van der Waals surface area (Å²) in [6.07, 6.45) is 1.86. The fraction of sp³-hybridized carbons (Fsp3) is 0.143. The average molecular weight is 410 g/mol. The molecule has 0 saturated heterocycles. The fourth-order valence-corrected chi connectivity index (χ4v) is 6.95. The van der Waals surface area contributed by atoms with Gasteiger partial charge < -0.3 is 5.73 Å². The van der Waals surface area contributed by atoms with Gasteiger partial charge in [-0.1, -0.05) is 121 Å². The Hall–Kier alpha value is -2.73. The highest BCUT2D eigenvalue weighted by molar-refractivity contribution is 7.73. The van der Waals surface area contributed by atoms with E-state index in [9.17, 15) is 0 Å². The monoisotopic (exact) mass is 409 g/mol. The minimum atomic E-state index is -0.599. The van der Waals surface area contributed by atoms with E-state index in [4.69, 9.17) is 5.73 Å². The average Bonchev–Trinajstić information content (AvgIpc) is 2.81. The Morgan fingerprint density at radius 3 is 1.30 bits per heavy atom. The number of rotatable bonds is 8. The van der Waals surface area contributed by atoms with Crippen molar-refractivity contribution in [3.63, 3.8) is 0 Å². The van der Waals surface area contributed by atoms with Crippen molar-refractivity contribution in [3.8, 4) is 0 Å². The van der Waals surface area contributed by atoms with Gasteiger partial charge in [0, 0.05) is 11.7 Å². The molecule has 2 heteroatoms. The first-order valence-electron chi connectivity index (χ1n) is 10.5. The van der Waals surface area contributed by atoms with Crippen LogP contribution < -0.4 is 16.3 Å². The van der Waals surface area contributed by atoms with Crippen molar-refractivity contribution in [2.75, 3.05) is 0 Å². The lowest BCUT2D eigenvalue weighted by Crippen LogP contribution is -2.41. The first-order chi connectivity index (χ1) is 14.8. The van der Waals surface area contributed by atoms with E-state index in [2.05, 4.69) is 121 Å². The zero-order valence-corrected chi connectivity index (χ0v) is 18.0. The number of nitrogens with two attached hydrogens (primary N) is 1. The van der Waals surface area contributed by atoms with Crippen LogP contribution in [-0.2, 0) is 12.8 Å². The second-order valence-corrected chi connectivity index (χ2v) is 10.1. The van der Waals surface area contributed by atoms with Crippen LogP contribution in [0, 0.1) is 0 Å². The highest BCUT2D eigenvalue weighted by Gasteiger charge is 2.30. The first kappa shape index (κ1) is 20.5. The molecule has 2 N–H and O–H groups in total. The van der Waals surface area contributed by atoms with Crippen LogP contribution in [-0.4, -0.2) is 11.7 Å². The summed E-state index contributed by atoms with van der Waals surface area (Å²) >= 11 is 0. The van der Waals surface area contributed by atoms with Crippen LogP contribution in [0.1, 0.15) is 11.1 Å². The van der Waals surface area contributed by atoms with Gasteiger partial charge in [-0.3, -0.25) is 0 Å². The summed E-state index contributed by atoms with van der Waals surface area (Å²) in [5.41, 5.74) is 9.99. The van der Waals surface area contributed by atoms with Crippen LogP contribution in [0.2, 0.25) is 0 Å². The quantitative estimate of drug-likeness (QED) is 0.393. The van der Waals surface area contributed by atoms with Crippen molar-refractivity contribution in [3.05, 3.63) is 132 Å². The van der Waals surface area contributed by atoms with Crippen molar-refractivity contribution in [1.29, 1.82) is 0 Å². The van der Waals surface area contributed by atoms with Crippen LogP contribution >= 0.6 is 7.92 Å². The summed E-state index contributed by atoms with van der Waals surface area (Å²) in [6, 6.07) is 43.4. The lowest BCUT2D eigenvalue weighted by Gasteiger charge is -2.33. The summed E-state index contributed by atoms with van der Waals surface area (Å²) in [4.78, 5) is 0. The van der Waals surface area contributed by atoms with E-state index < -0.39 is 7.92 Å². The standard InChI is InChI=1S/C28H28NP/c29-27(21-23-13-5-1-6-14-23)28(22-24-15-7-2-8-16-24)30(25-17-9-3-10-18-25)26-19-11-4-12-20-26/h1-20,27-28H,21-22,29H2/t27-,28-/m0/s1. The third kappa shape index (κ3) is 5.25. The van der Waals surface area contributed by atoms with Gasteiger partial charge in [0.25, 0.3) is 0 Å². The van der Waals surface area contributed by atoms with Gasteiger partial charge in [-0.25, -0.2) is 0 Å². The normalized spacial score (nSPS) is 13.1. The number of hydrogen-bond acceptors (Lipinski definition) is 1. The van der Waals surface area contributed by atoms with Gasteiger partial charge in [0.1, 0.15) is 0 Å². The van der Waals surface area contributed by atoms with Gasteiger partial charge in [-0.15, -0.1) is 0 Å². The van der Waals surface area contributed by atoms with E-state index in [1.165, 1.54) is 21.7 Å². The number of benzene rings is 4. The van der Waals surface area contributed by atoms with Gasteiger partial charge in [0.05, 0.1) is 0 Å². The second kappa shape index (κ2) is 10.3. The molecule has 0 radical (unpaired) electrons. The Balaban J connectivity index is 1.74. The summed E-state index contributed by atoms with van der Waals surface area (Å²) in [6.45, 7) is 0. The van der Waals surface area contributed by atoms with Crippen molar-refractivity contribution in [1.82, 2.24) is 0 Å². The summed E-state index contributed by atoms with van der Waals surface area (Å²) in [5, 5.41) is 2.78. The fourth-order valence-electron chi connectivity index (χ4n) is 4.02. The summed E-state index contributed by atoms with van der Waals surface area (Å²) in [7, 11) is -0.599. The lowest BCUT2D eigenvalue weighted by atomic mass is 9.99. The zero-order chi connectivity index (χ0) is 20.6. The molecular weight excluding hydrogens is 381 g/mol. The highest BCUT2D eigenvalue weighted by atomic mass is 31.1. The molecule has 4 aromatic carbocycles. The molecule has 0 fully saturated rings. The number of hydrogen-bond donors (Lipinski definition) is 1. The molecule has 0 saturated carbocycles. The van der Waals surface area contributed by atoms with Crippen LogP contribution in [0.3, 0.4) is 0 Å². The minimum Gasteiger partial charge on any atom is -0.327 e. The lowest BCUT2D eigenvalue weighted by molar-refractivity contribution is 0.621. The third-order valence-electron chi connectivity index (χ3n) is 5.50. The molecule has 0 bridgehead atoms. The van der Waals surface area contributed by atoms with Crippen molar-refractivity contribution in [2.24, 2.45) is 5.73 Å². The summed E-state index contributed by atoms with van der Waals surface area (Å²) < 4.78 is 0. The van der Waals surface area contributed by atoms with E-state index in [1.54, 1.807) is 0 Å². The molecule has 30 heavy (non-hydrogen) atoms. The van der Waals surface area contributed by atoms with Gasteiger partial charge in [-0.2, -0.15) is 0 Å². The van der Waals surface area contributed by atoms with Crippen molar-refractivity contribution < 1.29 is 0 Å². The Morgan fingerprint density at radius 2 is 0.867 bits per heavy atom. The molecule has 0 heterocycles. The van der Waals surface area contributed by atoms with Gasteiger partial charge in [0.2, 0.25) is 0 Å². The second-order valence-electron chi connectivity index (χ2n) is 7.65. The van der Waals surface area contributed by atoms with Crippen LogP contribution in [0.15, 0.2) is 121 Å². The molecule has 0 unspecified atom stereocenters. The SMILES string of the molecule is N[C@@H](Cc1ccccc1)[C@H](Cc1ccccc1)P(c1ccccc1)c1ccccc1. The van der Waals surface area contributed by atoms with Crippen LogP contribution in [0.4, 0.5) is 0 Å². The Kier molecular flexibility index (Phi) is 7.08. The van der Waals surface area contributed by atoms with Gasteiger partial charge in [-0.05, 0) is 42.5 Å². The van der Waals surface area contributed by atoms with Crippen LogP contribution in [0.25, 0.3) is 0 Å². The minimum absolute atomic E-state index is 0.0686. The molecule has 150 valence electrons. The molecular formula is C28H28NP. The van der Waals surface area contributed by atoms with Crippen molar-refractivity contribution in [2.45, 2.75) is 24.5 Å². The molecule has 4 aromatic rings. The van der Waals surface area contributed by atoms with Crippen LogP contribution in [0.5, 0.6) is 0 Å². The molecule has 1 nitrogen and oxygen atoms in total. The predicted octanol–water partition coefficient (Wildman–Crippen LogP) is 5.30. The molecule has 0 aromatic heterocycles. The zero-order valence-electron chi connectivity index (χ0n) is 17.1. The van der Waals surface area contributed by atoms with E-state index in [0.29, 0.717) is 5.66 Å². The Labute approximate surface area is 181 Å². The molecule has 0 aliphatic carbocycles. The van der Waals surface area contributed by atoms with E-state index in [1.807, 2.05) is 0 Å². The topological polar surface area (TPSA) is 26.0 Å². The Bertz CT molecular complexity index is 964. The molecule has 0 spiro atoms. The highest BCUT2D eigenvalue weighted by Crippen LogP contribution is 2.43. The molecule has 0 aliphatic rings. The van der Waals surface area contributed by atoms with E-state index in [-0.39, 0.29) is 6.04 Å². The van der Waals surface area contributed by atoms with Gasteiger partial charge >= 0.3 is 0 Å². The Morgan fingerprint density at radius 1 is 0.500 bits per heavy atom. The first-order valence-corrected chi connectivity index (χ1v) is 11.9. The van der Waals surface area contributed by atoms with E-state index in [0.717, 1.165) is 12.8 Å². The maximum Gasteiger partial charge on any atom is 0.0157 e. The van der Waals surface area contributed by atoms with Gasteiger partial charge in [0.15, 0.2) is 0 Å². The molecule has 2 atom stereocenters. The largest absolute Gasteiger partial charge is 0.327 e. The summed E-state index contributed by atoms with van der Waals surface area (Å²) in [5.74, 6) is 0. The molecule has 0 aliphatic heterocycles. The van der Waals surface area contributed by atoms with Crippen molar-refractivity contribution >= 4 is 18.5 Å².